The van der Waals surface area contributed by atoms with Gasteiger partial charge < -0.3 is 19.6 Å². The molecule has 0 aliphatic carbocycles. The molecular weight excluding hydrogens is 398 g/mol. The number of pyridine rings is 1. The fraction of sp³-hybridized carbons (Fsp3) is 0.474. The van der Waals surface area contributed by atoms with Crippen LogP contribution in [0.4, 0.5) is 16.3 Å². The van der Waals surface area contributed by atoms with Gasteiger partial charge in [0.1, 0.15) is 18.2 Å². The molecule has 0 unspecified atom stereocenters. The minimum atomic E-state index is -0.685. The largest absolute Gasteiger partial charge is 0.528 e. The van der Waals surface area contributed by atoms with Crippen molar-refractivity contribution in [3.63, 3.8) is 0 Å². The van der Waals surface area contributed by atoms with E-state index in [1.54, 1.807) is 25.0 Å². The zero-order valence-electron chi connectivity index (χ0n) is 16.6. The summed E-state index contributed by atoms with van der Waals surface area (Å²) in [7, 11) is 0. The Labute approximate surface area is 174 Å². The molecule has 0 bridgehead atoms. The fourth-order valence-corrected chi connectivity index (χ4v) is 3.00. The Bertz CT molecular complexity index is 843. The molecule has 0 radical (unpaired) electrons. The van der Waals surface area contributed by atoms with Crippen molar-refractivity contribution in [3.05, 3.63) is 35.4 Å². The summed E-state index contributed by atoms with van der Waals surface area (Å²) >= 11 is 6.15. The number of hydrogen-bond acceptors (Lipinski definition) is 9. The summed E-state index contributed by atoms with van der Waals surface area (Å²) in [4.78, 5) is 29.3. The van der Waals surface area contributed by atoms with E-state index in [0.717, 1.165) is 5.69 Å². The van der Waals surface area contributed by atoms with Gasteiger partial charge in [-0.25, -0.2) is 19.7 Å². The first-order valence-corrected chi connectivity index (χ1v) is 9.79. The predicted molar refractivity (Wildman–Crippen MR) is 107 cm³/mol. The van der Waals surface area contributed by atoms with E-state index in [-0.39, 0.29) is 12.2 Å². The highest BCUT2D eigenvalue weighted by Crippen LogP contribution is 2.25. The molecule has 3 heterocycles. The van der Waals surface area contributed by atoms with Crippen LogP contribution in [0, 0.1) is 6.92 Å². The third kappa shape index (κ3) is 6.43. The standard InChI is InChI=1S/C19H24ClN5O4/c1-12(2)27-19(26)29-25-8-6-14(7-9-25)28-17-10-16(21-11-22-17)24-15-5-4-13(3)23-18(15)20/h4-5,10-12,14H,6-9H2,1-3H3,(H,21,22,24). The number of carbonyl (C=O) groups excluding carboxylic acids is 1. The SMILES string of the molecule is Cc1ccc(Nc2cc(OC3CCN(OC(=O)OC(C)C)CC3)ncn2)c(Cl)n1. The molecule has 9 nitrogen and oxygen atoms in total. The molecule has 156 valence electrons. The highest BCUT2D eigenvalue weighted by molar-refractivity contribution is 6.32. The van der Waals surface area contributed by atoms with Crippen LogP contribution < -0.4 is 10.1 Å². The maximum atomic E-state index is 11.6. The van der Waals surface area contributed by atoms with E-state index in [0.29, 0.717) is 48.5 Å². The number of ether oxygens (including phenoxy) is 2. The lowest BCUT2D eigenvalue weighted by Crippen LogP contribution is -2.40. The first-order chi connectivity index (χ1) is 13.9. The van der Waals surface area contributed by atoms with Crippen molar-refractivity contribution in [2.45, 2.75) is 45.8 Å². The van der Waals surface area contributed by atoms with E-state index in [2.05, 4.69) is 20.3 Å². The van der Waals surface area contributed by atoms with Crippen LogP contribution in [0.2, 0.25) is 5.15 Å². The maximum Gasteiger partial charge on any atom is 0.528 e. The molecule has 0 atom stereocenters. The van der Waals surface area contributed by atoms with Gasteiger partial charge in [0, 0.05) is 37.7 Å². The van der Waals surface area contributed by atoms with Crippen molar-refractivity contribution in [1.82, 2.24) is 20.0 Å². The Balaban J connectivity index is 1.51. The second-order valence-electron chi connectivity index (χ2n) is 6.91. The van der Waals surface area contributed by atoms with Crippen molar-refractivity contribution in [3.8, 4) is 5.88 Å². The summed E-state index contributed by atoms with van der Waals surface area (Å²) in [6.07, 6.45) is 1.87. The number of aryl methyl sites for hydroxylation is 1. The van der Waals surface area contributed by atoms with Gasteiger partial charge in [0.2, 0.25) is 5.88 Å². The fourth-order valence-electron chi connectivity index (χ4n) is 2.76. The Morgan fingerprint density at radius 3 is 2.72 bits per heavy atom. The number of nitrogens with one attached hydrogen (secondary N) is 1. The van der Waals surface area contributed by atoms with Crippen molar-refractivity contribution in [2.24, 2.45) is 0 Å². The smallest absolute Gasteiger partial charge is 0.474 e. The molecule has 10 heteroatoms. The molecule has 1 saturated heterocycles. The third-order valence-corrected chi connectivity index (χ3v) is 4.40. The van der Waals surface area contributed by atoms with Gasteiger partial charge >= 0.3 is 6.16 Å². The first kappa shape index (κ1) is 21.1. The second kappa shape index (κ2) is 9.71. The van der Waals surface area contributed by atoms with Crippen LogP contribution in [0.25, 0.3) is 0 Å². The number of aromatic nitrogens is 3. The lowest BCUT2D eigenvalue weighted by molar-refractivity contribution is -0.151. The Kier molecular flexibility index (Phi) is 7.05. The lowest BCUT2D eigenvalue weighted by atomic mass is 10.1. The molecule has 1 N–H and O–H groups in total. The van der Waals surface area contributed by atoms with Crippen molar-refractivity contribution >= 4 is 29.3 Å². The molecule has 1 aliphatic heterocycles. The topological polar surface area (TPSA) is 98.7 Å². The van der Waals surface area contributed by atoms with Crippen LogP contribution in [-0.2, 0) is 9.57 Å². The molecular formula is C19H24ClN5O4. The Hall–Kier alpha value is -2.65. The Morgan fingerprint density at radius 1 is 1.28 bits per heavy atom. The van der Waals surface area contributed by atoms with Crippen LogP contribution in [0.5, 0.6) is 5.88 Å². The van der Waals surface area contributed by atoms with Crippen molar-refractivity contribution in [1.29, 1.82) is 0 Å². The number of rotatable bonds is 6. The van der Waals surface area contributed by atoms with E-state index in [1.165, 1.54) is 6.33 Å². The molecule has 0 aromatic carbocycles. The molecule has 0 spiro atoms. The first-order valence-electron chi connectivity index (χ1n) is 9.41. The van der Waals surface area contributed by atoms with Crippen LogP contribution in [0.1, 0.15) is 32.4 Å². The van der Waals surface area contributed by atoms with Gasteiger partial charge in [0.05, 0.1) is 11.8 Å². The summed E-state index contributed by atoms with van der Waals surface area (Å²) in [5.41, 5.74) is 1.49. The number of anilines is 2. The van der Waals surface area contributed by atoms with Crippen molar-refractivity contribution in [2.75, 3.05) is 18.4 Å². The van der Waals surface area contributed by atoms with Gasteiger partial charge in [-0.05, 0) is 32.9 Å². The quantitative estimate of drug-likeness (QED) is 0.549. The van der Waals surface area contributed by atoms with Gasteiger partial charge in [-0.3, -0.25) is 0 Å². The summed E-state index contributed by atoms with van der Waals surface area (Å²) in [5.74, 6) is 1.01. The molecule has 2 aromatic heterocycles. The van der Waals surface area contributed by atoms with Gasteiger partial charge in [-0.1, -0.05) is 11.6 Å². The van der Waals surface area contributed by atoms with Crippen LogP contribution in [0.15, 0.2) is 24.5 Å². The second-order valence-corrected chi connectivity index (χ2v) is 7.27. The minimum Gasteiger partial charge on any atom is -0.474 e. The number of nitrogens with zero attached hydrogens (tertiary/aromatic N) is 4. The number of halogens is 1. The van der Waals surface area contributed by atoms with E-state index >= 15 is 0 Å². The van der Waals surface area contributed by atoms with E-state index in [1.807, 2.05) is 19.1 Å². The lowest BCUT2D eigenvalue weighted by Gasteiger charge is -2.30. The molecule has 0 amide bonds. The zero-order valence-corrected chi connectivity index (χ0v) is 17.3. The average molecular weight is 422 g/mol. The van der Waals surface area contributed by atoms with Crippen molar-refractivity contribution < 1.29 is 19.1 Å². The van der Waals surface area contributed by atoms with Gasteiger partial charge in [0.25, 0.3) is 0 Å². The molecule has 2 aromatic rings. The van der Waals surface area contributed by atoms with Crippen LogP contribution in [-0.4, -0.2) is 51.5 Å². The molecule has 29 heavy (non-hydrogen) atoms. The normalized spacial score (nSPS) is 15.2. The Morgan fingerprint density at radius 2 is 2.03 bits per heavy atom. The number of hydrogen-bond donors (Lipinski definition) is 1. The highest BCUT2D eigenvalue weighted by Gasteiger charge is 2.24. The highest BCUT2D eigenvalue weighted by atomic mass is 35.5. The predicted octanol–water partition coefficient (Wildman–Crippen LogP) is 3.90. The van der Waals surface area contributed by atoms with Crippen LogP contribution in [0.3, 0.4) is 0 Å². The summed E-state index contributed by atoms with van der Waals surface area (Å²) in [6.45, 7) is 6.53. The number of carbonyl (C=O) groups is 1. The summed E-state index contributed by atoms with van der Waals surface area (Å²) in [6, 6.07) is 5.41. The summed E-state index contributed by atoms with van der Waals surface area (Å²) < 4.78 is 10.9. The van der Waals surface area contributed by atoms with E-state index in [9.17, 15) is 4.79 Å². The molecule has 1 aliphatic rings. The van der Waals surface area contributed by atoms with E-state index in [4.69, 9.17) is 25.9 Å². The molecule has 3 rings (SSSR count). The number of hydroxylamine groups is 2. The maximum absolute atomic E-state index is 11.6. The monoisotopic (exact) mass is 421 g/mol. The van der Waals surface area contributed by atoms with E-state index < -0.39 is 6.16 Å². The number of piperidine rings is 1. The zero-order chi connectivity index (χ0) is 20.8. The molecule has 0 saturated carbocycles. The minimum absolute atomic E-state index is 0.0386. The molecule has 1 fully saturated rings. The summed E-state index contributed by atoms with van der Waals surface area (Å²) in [5, 5.41) is 5.07. The average Bonchev–Trinajstić information content (AvgIpc) is 2.65. The van der Waals surface area contributed by atoms with Gasteiger partial charge in [-0.2, -0.15) is 0 Å². The van der Waals surface area contributed by atoms with Gasteiger partial charge in [-0.15, -0.1) is 5.06 Å². The third-order valence-electron chi connectivity index (χ3n) is 4.12. The van der Waals surface area contributed by atoms with Gasteiger partial charge in [0.15, 0.2) is 5.15 Å². The van der Waals surface area contributed by atoms with Crippen LogP contribution >= 0.6 is 11.6 Å².